The molecule has 2 N–H and O–H groups in total. The minimum atomic E-state index is -1.14. The molecule has 2 aromatic heterocycles. The molecule has 1 aromatic carbocycles. The highest BCUT2D eigenvalue weighted by Crippen LogP contribution is 2.28. The number of nitrogens with zero attached hydrogens (tertiary/aromatic N) is 2. The number of pyridine rings is 2. The molecule has 1 amide bonds. The van der Waals surface area contributed by atoms with Crippen LogP contribution in [0.1, 0.15) is 32.0 Å². The molecular formula is C23H25N3O5. The molecular weight excluding hydrogens is 398 g/mol. The van der Waals surface area contributed by atoms with E-state index in [0.717, 1.165) is 22.0 Å². The first kappa shape index (κ1) is 22.0. The number of carbonyl (C=O) groups excluding carboxylic acids is 1. The van der Waals surface area contributed by atoms with Gasteiger partial charge in [0.15, 0.2) is 0 Å². The van der Waals surface area contributed by atoms with Crippen molar-refractivity contribution in [3.8, 4) is 11.6 Å². The maximum Gasteiger partial charge on any atom is 0.408 e. The Bertz CT molecular complexity index is 1090. The second-order valence-corrected chi connectivity index (χ2v) is 8.15. The maximum atomic E-state index is 11.9. The molecule has 8 nitrogen and oxygen atoms in total. The molecule has 0 unspecified atom stereocenters. The summed E-state index contributed by atoms with van der Waals surface area (Å²) in [5.41, 5.74) is 0.831. The fourth-order valence-corrected chi connectivity index (χ4v) is 2.96. The predicted octanol–water partition coefficient (Wildman–Crippen LogP) is 4.25. The Morgan fingerprint density at radius 1 is 1.16 bits per heavy atom. The topological polar surface area (TPSA) is 111 Å². The first-order chi connectivity index (χ1) is 14.6. The predicted molar refractivity (Wildman–Crippen MR) is 115 cm³/mol. The van der Waals surface area contributed by atoms with Crippen molar-refractivity contribution >= 4 is 22.8 Å². The molecule has 162 valence electrons. The molecule has 0 spiro atoms. The minimum absolute atomic E-state index is 0.102. The number of nitrogens with one attached hydrogen (secondary N) is 1. The summed E-state index contributed by atoms with van der Waals surface area (Å²) in [5.74, 6) is -0.140. The highest BCUT2D eigenvalue weighted by Gasteiger charge is 2.24. The van der Waals surface area contributed by atoms with E-state index in [2.05, 4.69) is 15.3 Å². The van der Waals surface area contributed by atoms with E-state index in [1.165, 1.54) is 0 Å². The fourth-order valence-electron chi connectivity index (χ4n) is 2.96. The van der Waals surface area contributed by atoms with E-state index in [1.807, 2.05) is 19.1 Å². The van der Waals surface area contributed by atoms with Crippen molar-refractivity contribution in [1.82, 2.24) is 15.3 Å². The van der Waals surface area contributed by atoms with Crippen LogP contribution >= 0.6 is 0 Å². The van der Waals surface area contributed by atoms with Gasteiger partial charge in [-0.2, -0.15) is 0 Å². The number of carboxylic acid groups (broad SMARTS) is 1. The van der Waals surface area contributed by atoms with Crippen molar-refractivity contribution in [2.75, 3.05) is 0 Å². The van der Waals surface area contributed by atoms with Gasteiger partial charge in [0, 0.05) is 24.5 Å². The number of fused-ring (bicyclic) bond motifs is 1. The van der Waals surface area contributed by atoms with Gasteiger partial charge in [0.05, 0.1) is 5.39 Å². The normalized spacial score (nSPS) is 12.3. The molecule has 0 aliphatic carbocycles. The molecule has 2 heterocycles. The molecule has 1 atom stereocenters. The Hall–Kier alpha value is -3.68. The smallest absolute Gasteiger partial charge is 0.408 e. The van der Waals surface area contributed by atoms with E-state index in [4.69, 9.17) is 9.47 Å². The molecule has 31 heavy (non-hydrogen) atoms. The number of hydrogen-bond donors (Lipinski definition) is 2. The third kappa shape index (κ3) is 6.15. The molecule has 3 rings (SSSR count). The number of aliphatic carboxylic acids is 1. The summed E-state index contributed by atoms with van der Waals surface area (Å²) < 4.78 is 11.1. The van der Waals surface area contributed by atoms with Gasteiger partial charge >= 0.3 is 12.1 Å². The highest BCUT2D eigenvalue weighted by atomic mass is 16.6. The van der Waals surface area contributed by atoms with Gasteiger partial charge in [-0.15, -0.1) is 0 Å². The van der Waals surface area contributed by atoms with Crippen LogP contribution in [-0.2, 0) is 16.0 Å². The van der Waals surface area contributed by atoms with Crippen molar-refractivity contribution in [2.24, 2.45) is 0 Å². The molecule has 0 saturated heterocycles. The summed E-state index contributed by atoms with van der Waals surface area (Å²) in [6, 6.07) is 9.69. The van der Waals surface area contributed by atoms with Gasteiger partial charge in [-0.25, -0.2) is 14.6 Å². The zero-order chi connectivity index (χ0) is 22.6. The molecule has 0 saturated carbocycles. The lowest BCUT2D eigenvalue weighted by Crippen LogP contribution is -2.44. The number of rotatable bonds is 6. The Kier molecular flexibility index (Phi) is 6.39. The average molecular weight is 423 g/mol. The Morgan fingerprint density at radius 3 is 2.52 bits per heavy atom. The highest BCUT2D eigenvalue weighted by molar-refractivity contribution is 5.86. The van der Waals surface area contributed by atoms with Crippen LogP contribution in [0.3, 0.4) is 0 Å². The van der Waals surface area contributed by atoms with E-state index < -0.39 is 23.7 Å². The number of carbonyl (C=O) groups is 2. The maximum absolute atomic E-state index is 11.9. The molecule has 0 radical (unpaired) electrons. The molecule has 3 aromatic rings. The molecule has 8 heteroatoms. The lowest BCUT2D eigenvalue weighted by Gasteiger charge is -2.22. The van der Waals surface area contributed by atoms with E-state index in [1.54, 1.807) is 57.4 Å². The molecule has 0 bridgehead atoms. The van der Waals surface area contributed by atoms with Gasteiger partial charge in [-0.1, -0.05) is 12.1 Å². The third-order valence-corrected chi connectivity index (χ3v) is 4.29. The number of ether oxygens (including phenoxy) is 2. The summed E-state index contributed by atoms with van der Waals surface area (Å²) in [6.07, 6.45) is 2.74. The minimum Gasteiger partial charge on any atom is -0.480 e. The van der Waals surface area contributed by atoms with Crippen LogP contribution in [0.25, 0.3) is 10.8 Å². The number of hydrogen-bond acceptors (Lipinski definition) is 6. The van der Waals surface area contributed by atoms with Crippen LogP contribution < -0.4 is 10.1 Å². The van der Waals surface area contributed by atoms with Gasteiger partial charge in [0.1, 0.15) is 17.4 Å². The number of benzene rings is 1. The second kappa shape index (κ2) is 8.99. The SMILES string of the molecule is Cc1cc2ccncc2c(Oc2ccc(C[C@H](NC(=O)OC(C)(C)C)C(=O)O)cc2)n1. The first-order valence-corrected chi connectivity index (χ1v) is 9.81. The second-order valence-electron chi connectivity index (χ2n) is 8.15. The Balaban J connectivity index is 1.71. The average Bonchev–Trinajstić information content (AvgIpc) is 2.67. The molecule has 0 aliphatic rings. The van der Waals surface area contributed by atoms with Crippen molar-refractivity contribution in [3.05, 3.63) is 60.0 Å². The fraction of sp³-hybridized carbons (Fsp3) is 0.304. The van der Waals surface area contributed by atoms with Gasteiger partial charge in [0.25, 0.3) is 0 Å². The van der Waals surface area contributed by atoms with E-state index >= 15 is 0 Å². The lowest BCUT2D eigenvalue weighted by molar-refractivity contribution is -0.139. The number of alkyl carbamates (subject to hydrolysis) is 1. The monoisotopic (exact) mass is 423 g/mol. The lowest BCUT2D eigenvalue weighted by atomic mass is 10.1. The molecule has 0 aliphatic heterocycles. The van der Waals surface area contributed by atoms with E-state index in [0.29, 0.717) is 11.6 Å². The summed E-state index contributed by atoms with van der Waals surface area (Å²) in [4.78, 5) is 32.1. The zero-order valence-electron chi connectivity index (χ0n) is 17.9. The first-order valence-electron chi connectivity index (χ1n) is 9.81. The van der Waals surface area contributed by atoms with Crippen LogP contribution in [0.2, 0.25) is 0 Å². The van der Waals surface area contributed by atoms with E-state index in [-0.39, 0.29) is 6.42 Å². The van der Waals surface area contributed by atoms with Crippen LogP contribution in [-0.4, -0.2) is 38.8 Å². The van der Waals surface area contributed by atoms with Gasteiger partial charge < -0.3 is 19.9 Å². The van der Waals surface area contributed by atoms with E-state index in [9.17, 15) is 14.7 Å². The van der Waals surface area contributed by atoms with Crippen molar-refractivity contribution in [3.63, 3.8) is 0 Å². The Labute approximate surface area is 180 Å². The number of amides is 1. The van der Waals surface area contributed by atoms with Crippen LogP contribution in [0.15, 0.2) is 48.8 Å². The third-order valence-electron chi connectivity index (χ3n) is 4.29. The van der Waals surface area contributed by atoms with Crippen LogP contribution in [0.4, 0.5) is 4.79 Å². The summed E-state index contributed by atoms with van der Waals surface area (Å²) in [6.45, 7) is 7.02. The summed E-state index contributed by atoms with van der Waals surface area (Å²) in [7, 11) is 0. The largest absolute Gasteiger partial charge is 0.480 e. The van der Waals surface area contributed by atoms with Gasteiger partial charge in [-0.3, -0.25) is 4.98 Å². The quantitative estimate of drug-likeness (QED) is 0.610. The van der Waals surface area contributed by atoms with Crippen molar-refractivity contribution in [2.45, 2.75) is 45.8 Å². The number of aryl methyl sites for hydroxylation is 1. The van der Waals surface area contributed by atoms with Crippen LogP contribution in [0.5, 0.6) is 11.6 Å². The van der Waals surface area contributed by atoms with Gasteiger partial charge in [-0.05, 0) is 62.9 Å². The summed E-state index contributed by atoms with van der Waals surface area (Å²) >= 11 is 0. The van der Waals surface area contributed by atoms with Crippen LogP contribution in [0, 0.1) is 6.92 Å². The standard InChI is InChI=1S/C23H25N3O5/c1-14-11-16-9-10-24-13-18(16)20(25-14)30-17-7-5-15(6-8-17)12-19(21(27)28)26-22(29)31-23(2,3)4/h5-11,13,19H,12H2,1-4H3,(H,26,29)(H,27,28)/t19-/m0/s1. The zero-order valence-corrected chi connectivity index (χ0v) is 17.9. The van der Waals surface area contributed by atoms with Crippen molar-refractivity contribution < 1.29 is 24.2 Å². The molecule has 0 fully saturated rings. The number of aromatic nitrogens is 2. The number of carboxylic acids is 1. The van der Waals surface area contributed by atoms with Crippen molar-refractivity contribution in [1.29, 1.82) is 0 Å². The summed E-state index contributed by atoms with van der Waals surface area (Å²) in [5, 5.41) is 13.6. The Morgan fingerprint density at radius 2 is 1.87 bits per heavy atom. The van der Waals surface area contributed by atoms with Gasteiger partial charge in [0.2, 0.25) is 5.88 Å².